The molecule has 0 saturated heterocycles. The Morgan fingerprint density at radius 1 is 0.429 bits per heavy atom. The third-order valence-electron chi connectivity index (χ3n) is 7.74. The molecule has 1 aromatic heterocycles. The lowest BCUT2D eigenvalue weighted by Gasteiger charge is -2.48. The van der Waals surface area contributed by atoms with Crippen LogP contribution in [0.5, 0.6) is 0 Å². The van der Waals surface area contributed by atoms with Gasteiger partial charge in [-0.15, -0.1) is 10.2 Å². The third-order valence-corrected chi connectivity index (χ3v) is 7.74. The normalized spacial score (nSPS) is 15.1. The largest absolute Gasteiger partial charge is 0.245 e. The molecule has 0 saturated carbocycles. The Morgan fingerprint density at radius 3 is 1.33 bits per heavy atom. The lowest BCUT2D eigenvalue weighted by atomic mass is 9.62. The minimum Gasteiger partial charge on any atom is -0.245 e. The van der Waals surface area contributed by atoms with Crippen molar-refractivity contribution in [3.05, 3.63) is 186 Å². The molecular weight excluding hydrogens is 516 g/mol. The Kier molecular flexibility index (Phi) is 6.49. The fourth-order valence-electron chi connectivity index (χ4n) is 5.86. The van der Waals surface area contributed by atoms with Crippen molar-refractivity contribution < 1.29 is 0 Å². The van der Waals surface area contributed by atoms with E-state index in [1.807, 2.05) is 48.5 Å². The van der Waals surface area contributed by atoms with Crippen LogP contribution in [-0.2, 0) is 11.1 Å². The van der Waals surface area contributed by atoms with Crippen LogP contribution in [0, 0.1) is 0 Å². The lowest BCUT2D eigenvalue weighted by Crippen LogP contribution is -2.50. The smallest absolute Gasteiger partial charge is 0.181 e. The van der Waals surface area contributed by atoms with Crippen LogP contribution in [0.1, 0.15) is 27.8 Å². The quantitative estimate of drug-likeness (QED) is 0.217. The van der Waals surface area contributed by atoms with Crippen molar-refractivity contribution in [3.8, 4) is 11.4 Å². The molecule has 1 aliphatic rings. The molecule has 0 radical (unpaired) electrons. The van der Waals surface area contributed by atoms with Crippen LogP contribution in [0.15, 0.2) is 173 Å². The summed E-state index contributed by atoms with van der Waals surface area (Å²) in [5.74, 6) is 1.11. The summed E-state index contributed by atoms with van der Waals surface area (Å²) in [6, 6.07) is 49.5. The average Bonchev–Trinajstić information content (AvgIpc) is 3.10. The summed E-state index contributed by atoms with van der Waals surface area (Å²) in [7, 11) is 0. The molecule has 6 aromatic rings. The highest BCUT2D eigenvalue weighted by Gasteiger charge is 2.59. The molecule has 200 valence electrons. The summed E-state index contributed by atoms with van der Waals surface area (Å²) >= 11 is 0. The molecule has 42 heavy (non-hydrogen) atoms. The van der Waals surface area contributed by atoms with Gasteiger partial charge in [0.2, 0.25) is 0 Å². The third kappa shape index (κ3) is 4.12. The van der Waals surface area contributed by atoms with Crippen LogP contribution >= 0.6 is 0 Å². The fourth-order valence-corrected chi connectivity index (χ4v) is 5.86. The minimum absolute atomic E-state index is 0.545. The molecule has 0 fully saturated rings. The second kappa shape index (κ2) is 10.7. The van der Waals surface area contributed by atoms with Gasteiger partial charge in [0.1, 0.15) is 5.54 Å². The van der Waals surface area contributed by atoms with Gasteiger partial charge in [-0.05, 0) is 22.3 Å². The zero-order chi connectivity index (χ0) is 28.2. The molecule has 1 aliphatic heterocycles. The molecule has 0 N–H and O–H groups in total. The first-order valence-electron chi connectivity index (χ1n) is 13.8. The van der Waals surface area contributed by atoms with Gasteiger partial charge in [0, 0.05) is 17.3 Å². The van der Waals surface area contributed by atoms with E-state index in [1.165, 1.54) is 0 Å². The molecule has 7 rings (SSSR count). The minimum atomic E-state index is -0.995. The molecule has 6 nitrogen and oxygen atoms in total. The molecular formula is C36H26N6. The molecule has 0 spiro atoms. The van der Waals surface area contributed by atoms with E-state index >= 15 is 0 Å². The van der Waals surface area contributed by atoms with Crippen molar-refractivity contribution in [2.24, 2.45) is 15.2 Å². The zero-order valence-electron chi connectivity index (χ0n) is 22.7. The highest BCUT2D eigenvalue weighted by molar-refractivity contribution is 6.00. The number of benzene rings is 5. The van der Waals surface area contributed by atoms with E-state index in [9.17, 15) is 0 Å². The summed E-state index contributed by atoms with van der Waals surface area (Å²) in [5, 5.41) is 18.3. The van der Waals surface area contributed by atoms with E-state index in [0.717, 1.165) is 33.4 Å². The highest BCUT2D eigenvalue weighted by Crippen LogP contribution is 2.56. The van der Waals surface area contributed by atoms with Gasteiger partial charge in [-0.2, -0.15) is 10.2 Å². The lowest BCUT2D eigenvalue weighted by molar-refractivity contribution is 0.307. The standard InChI is InChI=1S/C36H26N6/c1-5-13-29(14-6-1)35(30-15-7-2-8-16-30)36(31-17-9-3-10-18-31,32-19-11-4-12-20-32)42-41-34(39-35)28-23-21-27(22-24-28)33-37-25-26-38-40-33/h1-26H. The van der Waals surface area contributed by atoms with Gasteiger partial charge in [-0.25, -0.2) is 9.98 Å². The molecule has 0 bridgehead atoms. The van der Waals surface area contributed by atoms with Crippen LogP contribution in [0.3, 0.4) is 0 Å². The van der Waals surface area contributed by atoms with E-state index in [0.29, 0.717) is 11.7 Å². The van der Waals surface area contributed by atoms with E-state index in [2.05, 4.69) is 112 Å². The summed E-state index contributed by atoms with van der Waals surface area (Å²) in [5.41, 5.74) is 3.75. The van der Waals surface area contributed by atoms with Crippen molar-refractivity contribution in [1.29, 1.82) is 0 Å². The number of azo groups is 1. The van der Waals surface area contributed by atoms with Crippen LogP contribution in [0.2, 0.25) is 0 Å². The maximum Gasteiger partial charge on any atom is 0.181 e. The Bertz CT molecular complexity index is 1760. The molecule has 5 aromatic carbocycles. The molecule has 6 heteroatoms. The van der Waals surface area contributed by atoms with Gasteiger partial charge >= 0.3 is 0 Å². The van der Waals surface area contributed by atoms with Gasteiger partial charge in [0.05, 0.1) is 6.20 Å². The molecule has 0 amide bonds. The Morgan fingerprint density at radius 2 is 0.881 bits per heavy atom. The number of aromatic nitrogens is 3. The van der Waals surface area contributed by atoms with Gasteiger partial charge in [0.15, 0.2) is 17.2 Å². The number of rotatable bonds is 6. The Hall–Kier alpha value is -5.62. The number of hydrogen-bond acceptors (Lipinski definition) is 6. The number of aliphatic imine (C=N–C) groups is 1. The Balaban J connectivity index is 1.53. The second-order valence-electron chi connectivity index (χ2n) is 10.1. The second-order valence-corrected chi connectivity index (χ2v) is 10.1. The first-order valence-corrected chi connectivity index (χ1v) is 13.8. The van der Waals surface area contributed by atoms with E-state index in [-0.39, 0.29) is 0 Å². The number of nitrogens with zero attached hydrogens (tertiary/aromatic N) is 6. The van der Waals surface area contributed by atoms with Crippen LogP contribution in [-0.4, -0.2) is 21.0 Å². The Labute approximate surface area is 244 Å². The number of amidine groups is 1. The zero-order valence-corrected chi connectivity index (χ0v) is 22.7. The molecule has 0 unspecified atom stereocenters. The number of hydrogen-bond donors (Lipinski definition) is 0. The summed E-state index contributed by atoms with van der Waals surface area (Å²) in [6.07, 6.45) is 3.20. The van der Waals surface area contributed by atoms with Gasteiger partial charge < -0.3 is 0 Å². The monoisotopic (exact) mass is 542 g/mol. The first kappa shape index (κ1) is 25.4. The average molecular weight is 543 g/mol. The predicted octanol–water partition coefficient (Wildman–Crippen LogP) is 7.64. The van der Waals surface area contributed by atoms with E-state index in [1.54, 1.807) is 12.4 Å². The van der Waals surface area contributed by atoms with Gasteiger partial charge in [0.25, 0.3) is 0 Å². The summed E-state index contributed by atoms with van der Waals surface area (Å²) in [4.78, 5) is 9.98. The molecule has 0 aliphatic carbocycles. The predicted molar refractivity (Wildman–Crippen MR) is 164 cm³/mol. The summed E-state index contributed by atoms with van der Waals surface area (Å²) in [6.45, 7) is 0. The van der Waals surface area contributed by atoms with E-state index < -0.39 is 11.1 Å². The van der Waals surface area contributed by atoms with Crippen molar-refractivity contribution in [2.45, 2.75) is 11.1 Å². The maximum atomic E-state index is 5.65. The topological polar surface area (TPSA) is 75.8 Å². The van der Waals surface area contributed by atoms with Gasteiger partial charge in [-0.1, -0.05) is 146 Å². The van der Waals surface area contributed by atoms with Crippen LogP contribution in [0.4, 0.5) is 0 Å². The summed E-state index contributed by atoms with van der Waals surface area (Å²) < 4.78 is 0. The van der Waals surface area contributed by atoms with Crippen molar-refractivity contribution >= 4 is 5.84 Å². The van der Waals surface area contributed by atoms with Crippen molar-refractivity contribution in [1.82, 2.24) is 15.2 Å². The molecule has 0 atom stereocenters. The highest BCUT2D eigenvalue weighted by atomic mass is 15.3. The SMILES string of the molecule is c1ccc(C2(c3ccccc3)N=NC(c3ccc(-c4nccnn4)cc3)=NC2(c2ccccc2)c2ccccc2)cc1. The van der Waals surface area contributed by atoms with E-state index in [4.69, 9.17) is 15.2 Å². The van der Waals surface area contributed by atoms with Crippen molar-refractivity contribution in [3.63, 3.8) is 0 Å². The maximum absolute atomic E-state index is 5.65. The molecule has 2 heterocycles. The van der Waals surface area contributed by atoms with Gasteiger partial charge in [-0.3, -0.25) is 0 Å². The van der Waals surface area contributed by atoms with Crippen LogP contribution in [0.25, 0.3) is 11.4 Å². The fraction of sp³-hybridized carbons (Fsp3) is 0.0556. The van der Waals surface area contributed by atoms with Crippen molar-refractivity contribution in [2.75, 3.05) is 0 Å². The first-order chi connectivity index (χ1) is 20.8. The van der Waals surface area contributed by atoms with Crippen LogP contribution < -0.4 is 0 Å².